The molecule has 0 aromatic heterocycles. The van der Waals surface area contributed by atoms with E-state index in [1.807, 2.05) is 74.4 Å². The number of aliphatic imine (C=N–C) groups is 2. The van der Waals surface area contributed by atoms with Crippen LogP contribution in [0.15, 0.2) is 70.6 Å². The molecule has 0 aliphatic carbocycles. The average molecular weight is 279 g/mol. The van der Waals surface area contributed by atoms with Crippen LogP contribution in [0.25, 0.3) is 0 Å². The summed E-state index contributed by atoms with van der Waals surface area (Å²) < 4.78 is 0. The maximum atomic E-state index is 4.80. The summed E-state index contributed by atoms with van der Waals surface area (Å²) in [5, 5.41) is 0. The summed E-state index contributed by atoms with van der Waals surface area (Å²) in [7, 11) is 4.00. The average Bonchev–Trinajstić information content (AvgIpc) is 2.52. The highest BCUT2D eigenvalue weighted by Crippen LogP contribution is 2.08. The molecule has 108 valence electrons. The van der Waals surface area contributed by atoms with Crippen LogP contribution >= 0.6 is 0 Å². The molecule has 0 saturated carbocycles. The minimum absolute atomic E-state index is 0.712. The fraction of sp³-hybridized carbons (Fsp3) is 0.222. The number of hydrogen-bond donors (Lipinski definition) is 0. The second kappa shape index (κ2) is 7.39. The molecule has 0 heterocycles. The summed E-state index contributed by atoms with van der Waals surface area (Å²) in [5.74, 6) is 1.68. The molecule has 21 heavy (non-hydrogen) atoms. The van der Waals surface area contributed by atoms with E-state index >= 15 is 0 Å². The van der Waals surface area contributed by atoms with Crippen molar-refractivity contribution in [3.8, 4) is 0 Å². The van der Waals surface area contributed by atoms with Gasteiger partial charge in [0.25, 0.3) is 0 Å². The normalized spacial score (nSPS) is 12.3. The smallest absolute Gasteiger partial charge is 0.156 e. The van der Waals surface area contributed by atoms with E-state index in [0.717, 1.165) is 22.8 Å². The van der Waals surface area contributed by atoms with Crippen molar-refractivity contribution >= 4 is 11.7 Å². The van der Waals surface area contributed by atoms with Crippen molar-refractivity contribution < 1.29 is 0 Å². The minimum atomic E-state index is 0.712. The van der Waals surface area contributed by atoms with Crippen molar-refractivity contribution in [1.82, 2.24) is 4.90 Å². The van der Waals surface area contributed by atoms with Gasteiger partial charge in [-0.05, 0) is 6.92 Å². The van der Waals surface area contributed by atoms with Gasteiger partial charge in [0.05, 0.1) is 0 Å². The van der Waals surface area contributed by atoms with Crippen molar-refractivity contribution in [2.75, 3.05) is 20.6 Å². The Bertz CT molecular complexity index is 613. The second-order valence-electron chi connectivity index (χ2n) is 4.86. The number of nitrogens with zero attached hydrogens (tertiary/aromatic N) is 3. The Balaban J connectivity index is 2.47. The molecule has 3 heteroatoms. The van der Waals surface area contributed by atoms with E-state index in [1.54, 1.807) is 0 Å². The van der Waals surface area contributed by atoms with Crippen LogP contribution in [0.5, 0.6) is 0 Å². The predicted octanol–water partition coefficient (Wildman–Crippen LogP) is 3.46. The molecule has 0 radical (unpaired) electrons. The first kappa shape index (κ1) is 15.0. The number of rotatable bonds is 3. The number of benzene rings is 2. The third kappa shape index (κ3) is 4.02. The van der Waals surface area contributed by atoms with E-state index in [-0.39, 0.29) is 0 Å². The van der Waals surface area contributed by atoms with Crippen molar-refractivity contribution in [2.45, 2.75) is 6.92 Å². The first-order valence-corrected chi connectivity index (χ1v) is 7.13. The first-order chi connectivity index (χ1) is 10.2. The van der Waals surface area contributed by atoms with Crippen molar-refractivity contribution in [3.05, 3.63) is 71.8 Å². The summed E-state index contributed by atoms with van der Waals surface area (Å²) in [5.41, 5.74) is 2.12. The first-order valence-electron chi connectivity index (χ1n) is 7.13. The lowest BCUT2D eigenvalue weighted by Gasteiger charge is -2.16. The van der Waals surface area contributed by atoms with Gasteiger partial charge in [0.2, 0.25) is 0 Å². The Kier molecular flexibility index (Phi) is 5.27. The topological polar surface area (TPSA) is 28.0 Å². The predicted molar refractivity (Wildman–Crippen MR) is 90.2 cm³/mol. The molecule has 2 aromatic rings. The van der Waals surface area contributed by atoms with Gasteiger partial charge in [-0.25, -0.2) is 4.99 Å². The van der Waals surface area contributed by atoms with Crippen LogP contribution in [0.4, 0.5) is 0 Å². The highest BCUT2D eigenvalue weighted by atomic mass is 15.1. The Morgan fingerprint density at radius 3 is 1.86 bits per heavy atom. The van der Waals surface area contributed by atoms with E-state index in [1.165, 1.54) is 0 Å². The number of hydrogen-bond acceptors (Lipinski definition) is 1. The molecule has 0 fully saturated rings. The van der Waals surface area contributed by atoms with Gasteiger partial charge in [-0.3, -0.25) is 4.99 Å². The standard InChI is InChI=1S/C18H21N3/c1-4-19-17(15-11-7-5-8-12-15)20-18(21(2)3)16-13-9-6-10-14-16/h5-14H,4H2,1-3H3. The van der Waals surface area contributed by atoms with Crippen molar-refractivity contribution in [2.24, 2.45) is 9.98 Å². The zero-order chi connectivity index (χ0) is 15.1. The van der Waals surface area contributed by atoms with Crippen LogP contribution in [0.3, 0.4) is 0 Å². The molecule has 2 rings (SSSR count). The fourth-order valence-corrected chi connectivity index (χ4v) is 2.04. The summed E-state index contributed by atoms with van der Waals surface area (Å²) in [4.78, 5) is 11.4. The SMILES string of the molecule is CCN=C(N=C(c1ccccc1)N(C)C)c1ccccc1. The summed E-state index contributed by atoms with van der Waals surface area (Å²) in [6.45, 7) is 2.74. The van der Waals surface area contributed by atoms with E-state index in [9.17, 15) is 0 Å². The van der Waals surface area contributed by atoms with Gasteiger partial charge in [0.1, 0.15) is 5.84 Å². The molecule has 0 aliphatic heterocycles. The van der Waals surface area contributed by atoms with Gasteiger partial charge in [-0.2, -0.15) is 0 Å². The minimum Gasteiger partial charge on any atom is -0.362 e. The lowest BCUT2D eigenvalue weighted by atomic mass is 10.2. The molecule has 0 amide bonds. The van der Waals surface area contributed by atoms with Crippen LogP contribution in [-0.4, -0.2) is 37.2 Å². The van der Waals surface area contributed by atoms with Crippen LogP contribution in [0.2, 0.25) is 0 Å². The highest BCUT2D eigenvalue weighted by molar-refractivity contribution is 6.11. The second-order valence-corrected chi connectivity index (χ2v) is 4.86. The molecule has 0 N–H and O–H groups in total. The van der Waals surface area contributed by atoms with Gasteiger partial charge in [0, 0.05) is 31.8 Å². The molecular weight excluding hydrogens is 258 g/mol. The Hall–Kier alpha value is -2.42. The van der Waals surface area contributed by atoms with Crippen LogP contribution in [0.1, 0.15) is 18.1 Å². The zero-order valence-electron chi connectivity index (χ0n) is 12.8. The number of amidine groups is 2. The molecule has 0 saturated heterocycles. The van der Waals surface area contributed by atoms with Crippen molar-refractivity contribution in [1.29, 1.82) is 0 Å². The zero-order valence-corrected chi connectivity index (χ0v) is 12.8. The summed E-state index contributed by atoms with van der Waals surface area (Å²) in [6.07, 6.45) is 0. The van der Waals surface area contributed by atoms with E-state index in [4.69, 9.17) is 4.99 Å². The van der Waals surface area contributed by atoms with Crippen LogP contribution in [0, 0.1) is 0 Å². The molecule has 0 aliphatic rings. The van der Waals surface area contributed by atoms with E-state index in [2.05, 4.69) is 17.1 Å². The maximum Gasteiger partial charge on any atom is 0.156 e. The lowest BCUT2D eigenvalue weighted by molar-refractivity contribution is 0.625. The van der Waals surface area contributed by atoms with Gasteiger partial charge in [-0.1, -0.05) is 60.7 Å². The fourth-order valence-electron chi connectivity index (χ4n) is 2.04. The van der Waals surface area contributed by atoms with Crippen molar-refractivity contribution in [3.63, 3.8) is 0 Å². The van der Waals surface area contributed by atoms with Gasteiger partial charge in [-0.15, -0.1) is 0 Å². The highest BCUT2D eigenvalue weighted by Gasteiger charge is 2.08. The van der Waals surface area contributed by atoms with Gasteiger partial charge < -0.3 is 4.90 Å². The van der Waals surface area contributed by atoms with Crippen LogP contribution in [-0.2, 0) is 0 Å². The maximum absolute atomic E-state index is 4.80. The summed E-state index contributed by atoms with van der Waals surface area (Å²) in [6, 6.07) is 20.3. The largest absolute Gasteiger partial charge is 0.362 e. The molecule has 0 atom stereocenters. The molecule has 0 spiro atoms. The summed E-state index contributed by atoms with van der Waals surface area (Å²) >= 11 is 0. The van der Waals surface area contributed by atoms with Gasteiger partial charge >= 0.3 is 0 Å². The van der Waals surface area contributed by atoms with E-state index in [0.29, 0.717) is 6.54 Å². The quantitative estimate of drug-likeness (QED) is 0.624. The third-order valence-corrected chi connectivity index (χ3v) is 3.01. The molecule has 2 aromatic carbocycles. The molecule has 0 bridgehead atoms. The van der Waals surface area contributed by atoms with E-state index < -0.39 is 0 Å². The Morgan fingerprint density at radius 1 is 0.857 bits per heavy atom. The Morgan fingerprint density at radius 2 is 1.38 bits per heavy atom. The molecule has 0 unspecified atom stereocenters. The Labute approximate surface area is 126 Å². The lowest BCUT2D eigenvalue weighted by Crippen LogP contribution is -2.24. The van der Waals surface area contributed by atoms with Gasteiger partial charge in [0.15, 0.2) is 5.84 Å². The molecular formula is C18H21N3. The third-order valence-electron chi connectivity index (χ3n) is 3.01. The molecule has 3 nitrogen and oxygen atoms in total. The van der Waals surface area contributed by atoms with Crippen LogP contribution < -0.4 is 0 Å². The monoisotopic (exact) mass is 279 g/mol.